The molecule has 1 aliphatic heterocycles. The summed E-state index contributed by atoms with van der Waals surface area (Å²) in [4.78, 5) is 18.5. The van der Waals surface area contributed by atoms with E-state index in [1.54, 1.807) is 4.90 Å². The number of piperidine rings is 1. The SMILES string of the molecule is CCNC(=NCC(C)(C)c1ccc(C)cc1)NC1CCN(C(=O)OCC)CC1. The van der Waals surface area contributed by atoms with Gasteiger partial charge in [0.05, 0.1) is 13.2 Å². The van der Waals surface area contributed by atoms with Gasteiger partial charge < -0.3 is 20.3 Å². The van der Waals surface area contributed by atoms with Crippen LogP contribution >= 0.6 is 0 Å². The van der Waals surface area contributed by atoms with Gasteiger partial charge in [0.2, 0.25) is 0 Å². The lowest BCUT2D eigenvalue weighted by Gasteiger charge is -2.32. The average Bonchev–Trinajstić information content (AvgIpc) is 2.67. The van der Waals surface area contributed by atoms with Crippen molar-refractivity contribution in [2.75, 3.05) is 32.8 Å². The Kier molecular flexibility index (Phi) is 8.15. The molecule has 0 aliphatic carbocycles. The first-order valence-corrected chi connectivity index (χ1v) is 10.4. The van der Waals surface area contributed by atoms with E-state index < -0.39 is 0 Å². The second-order valence-corrected chi connectivity index (χ2v) is 8.05. The quantitative estimate of drug-likeness (QED) is 0.579. The van der Waals surface area contributed by atoms with Crippen molar-refractivity contribution in [3.05, 3.63) is 35.4 Å². The van der Waals surface area contributed by atoms with Crippen LogP contribution in [0.5, 0.6) is 0 Å². The van der Waals surface area contributed by atoms with Crippen molar-refractivity contribution in [3.63, 3.8) is 0 Å². The zero-order chi connectivity index (χ0) is 20.6. The van der Waals surface area contributed by atoms with E-state index in [0.29, 0.717) is 32.3 Å². The van der Waals surface area contributed by atoms with Crippen LogP contribution < -0.4 is 10.6 Å². The summed E-state index contributed by atoms with van der Waals surface area (Å²) in [6, 6.07) is 9.00. The molecule has 0 saturated carbocycles. The molecule has 6 nitrogen and oxygen atoms in total. The van der Waals surface area contributed by atoms with Gasteiger partial charge in [-0.1, -0.05) is 43.7 Å². The molecule has 0 atom stereocenters. The molecular formula is C22H36N4O2. The van der Waals surface area contributed by atoms with Crippen molar-refractivity contribution >= 4 is 12.1 Å². The Morgan fingerprint density at radius 1 is 1.21 bits per heavy atom. The van der Waals surface area contributed by atoms with Crippen molar-refractivity contribution in [2.24, 2.45) is 4.99 Å². The number of nitrogens with one attached hydrogen (secondary N) is 2. The number of carbonyl (C=O) groups excluding carboxylic acids is 1. The Bertz CT molecular complexity index is 647. The van der Waals surface area contributed by atoms with Crippen molar-refractivity contribution in [3.8, 4) is 0 Å². The number of aryl methyl sites for hydroxylation is 1. The third-order valence-electron chi connectivity index (χ3n) is 5.17. The first kappa shape index (κ1) is 22.1. The van der Waals surface area contributed by atoms with Crippen LogP contribution in [0.4, 0.5) is 4.79 Å². The van der Waals surface area contributed by atoms with Crippen LogP contribution in [-0.2, 0) is 10.2 Å². The van der Waals surface area contributed by atoms with E-state index in [2.05, 4.69) is 62.6 Å². The van der Waals surface area contributed by atoms with Gasteiger partial charge in [0.1, 0.15) is 0 Å². The molecule has 0 spiro atoms. The van der Waals surface area contributed by atoms with Gasteiger partial charge in [-0.05, 0) is 39.2 Å². The molecule has 2 rings (SSSR count). The molecule has 156 valence electrons. The smallest absolute Gasteiger partial charge is 0.409 e. The molecule has 0 radical (unpaired) electrons. The molecule has 0 aromatic heterocycles. The van der Waals surface area contributed by atoms with E-state index >= 15 is 0 Å². The topological polar surface area (TPSA) is 66.0 Å². The Labute approximate surface area is 169 Å². The minimum Gasteiger partial charge on any atom is -0.450 e. The monoisotopic (exact) mass is 388 g/mol. The average molecular weight is 389 g/mol. The van der Waals surface area contributed by atoms with Crippen LogP contribution in [0, 0.1) is 6.92 Å². The number of carbonyl (C=O) groups is 1. The first-order valence-electron chi connectivity index (χ1n) is 10.4. The van der Waals surface area contributed by atoms with E-state index in [-0.39, 0.29) is 11.5 Å². The van der Waals surface area contributed by atoms with Crippen molar-refractivity contribution in [2.45, 2.75) is 58.9 Å². The Hall–Kier alpha value is -2.24. The molecule has 1 aromatic rings. The molecule has 0 unspecified atom stereocenters. The fourth-order valence-corrected chi connectivity index (χ4v) is 3.31. The second-order valence-electron chi connectivity index (χ2n) is 8.05. The summed E-state index contributed by atoms with van der Waals surface area (Å²) >= 11 is 0. The number of hydrogen-bond donors (Lipinski definition) is 2. The summed E-state index contributed by atoms with van der Waals surface area (Å²) in [6.45, 7) is 13.8. The van der Waals surface area contributed by atoms with Gasteiger partial charge in [-0.15, -0.1) is 0 Å². The molecule has 2 N–H and O–H groups in total. The fraction of sp³-hybridized carbons (Fsp3) is 0.636. The highest BCUT2D eigenvalue weighted by Crippen LogP contribution is 2.23. The Morgan fingerprint density at radius 3 is 2.43 bits per heavy atom. The number of likely N-dealkylation sites (tertiary alicyclic amines) is 1. The van der Waals surface area contributed by atoms with Gasteiger partial charge in [-0.3, -0.25) is 4.99 Å². The van der Waals surface area contributed by atoms with Crippen molar-refractivity contribution in [1.29, 1.82) is 0 Å². The van der Waals surface area contributed by atoms with Crippen molar-refractivity contribution < 1.29 is 9.53 Å². The standard InChI is InChI=1S/C22H36N4O2/c1-6-23-20(24-16-22(4,5)18-10-8-17(3)9-11-18)25-19-12-14-26(15-13-19)21(27)28-7-2/h8-11,19H,6-7,12-16H2,1-5H3,(H2,23,24,25). The lowest BCUT2D eigenvalue weighted by Crippen LogP contribution is -2.50. The molecule has 1 fully saturated rings. The maximum atomic E-state index is 11.8. The highest BCUT2D eigenvalue weighted by atomic mass is 16.6. The lowest BCUT2D eigenvalue weighted by molar-refractivity contribution is 0.0963. The molecular weight excluding hydrogens is 352 g/mol. The maximum Gasteiger partial charge on any atom is 0.409 e. The predicted molar refractivity (Wildman–Crippen MR) is 115 cm³/mol. The maximum absolute atomic E-state index is 11.8. The molecule has 0 bridgehead atoms. The van der Waals surface area contributed by atoms with Crippen LogP contribution in [0.2, 0.25) is 0 Å². The Balaban J connectivity index is 1.93. The highest BCUT2D eigenvalue weighted by Gasteiger charge is 2.25. The number of ether oxygens (including phenoxy) is 1. The second kappa shape index (κ2) is 10.3. The normalized spacial score (nSPS) is 16.0. The fourth-order valence-electron chi connectivity index (χ4n) is 3.31. The van der Waals surface area contributed by atoms with Gasteiger partial charge in [0.15, 0.2) is 5.96 Å². The summed E-state index contributed by atoms with van der Waals surface area (Å²) in [5.41, 5.74) is 2.52. The van der Waals surface area contributed by atoms with E-state index in [0.717, 1.165) is 25.3 Å². The summed E-state index contributed by atoms with van der Waals surface area (Å²) < 4.78 is 5.09. The third kappa shape index (κ3) is 6.43. The molecule has 6 heteroatoms. The van der Waals surface area contributed by atoms with Gasteiger partial charge in [-0.2, -0.15) is 0 Å². The van der Waals surface area contributed by atoms with Crippen LogP contribution in [0.1, 0.15) is 51.7 Å². The predicted octanol–water partition coefficient (Wildman–Crippen LogP) is 3.45. The van der Waals surface area contributed by atoms with Crippen LogP contribution in [0.15, 0.2) is 29.3 Å². The largest absolute Gasteiger partial charge is 0.450 e. The van der Waals surface area contributed by atoms with E-state index in [1.165, 1.54) is 11.1 Å². The first-order chi connectivity index (χ1) is 13.4. The third-order valence-corrected chi connectivity index (χ3v) is 5.17. The summed E-state index contributed by atoms with van der Waals surface area (Å²) in [6.07, 6.45) is 1.58. The number of rotatable bonds is 6. The Morgan fingerprint density at radius 2 is 1.86 bits per heavy atom. The number of aliphatic imine (C=N–C) groups is 1. The van der Waals surface area contributed by atoms with Gasteiger partial charge >= 0.3 is 6.09 Å². The molecule has 1 aromatic carbocycles. The zero-order valence-corrected chi connectivity index (χ0v) is 18.0. The molecule has 1 amide bonds. The summed E-state index contributed by atoms with van der Waals surface area (Å²) in [7, 11) is 0. The van der Waals surface area contributed by atoms with E-state index in [9.17, 15) is 4.79 Å². The minimum atomic E-state index is -0.207. The number of benzene rings is 1. The lowest BCUT2D eigenvalue weighted by atomic mass is 9.84. The van der Waals surface area contributed by atoms with Gasteiger partial charge in [-0.25, -0.2) is 4.79 Å². The van der Waals surface area contributed by atoms with Crippen LogP contribution in [-0.4, -0.2) is 55.8 Å². The summed E-state index contributed by atoms with van der Waals surface area (Å²) in [5, 5.41) is 6.89. The molecule has 1 heterocycles. The molecule has 1 aliphatic rings. The highest BCUT2D eigenvalue weighted by molar-refractivity contribution is 5.80. The van der Waals surface area contributed by atoms with Crippen LogP contribution in [0.3, 0.4) is 0 Å². The molecule has 1 saturated heterocycles. The van der Waals surface area contributed by atoms with E-state index in [4.69, 9.17) is 9.73 Å². The summed E-state index contributed by atoms with van der Waals surface area (Å²) in [5.74, 6) is 0.845. The number of amides is 1. The van der Waals surface area contributed by atoms with Gasteiger partial charge in [0, 0.05) is 31.1 Å². The minimum absolute atomic E-state index is 0.0384. The molecule has 28 heavy (non-hydrogen) atoms. The zero-order valence-electron chi connectivity index (χ0n) is 18.0. The van der Waals surface area contributed by atoms with Gasteiger partial charge in [0.25, 0.3) is 0 Å². The number of guanidine groups is 1. The number of nitrogens with zero attached hydrogens (tertiary/aromatic N) is 2. The van der Waals surface area contributed by atoms with Crippen LogP contribution in [0.25, 0.3) is 0 Å². The number of hydrogen-bond acceptors (Lipinski definition) is 3. The van der Waals surface area contributed by atoms with Crippen molar-refractivity contribution in [1.82, 2.24) is 15.5 Å². The van der Waals surface area contributed by atoms with E-state index in [1.807, 2.05) is 6.92 Å².